The lowest BCUT2D eigenvalue weighted by molar-refractivity contribution is 0.103. The van der Waals surface area contributed by atoms with Crippen molar-refractivity contribution in [3.8, 4) is 5.75 Å². The van der Waals surface area contributed by atoms with Crippen molar-refractivity contribution in [2.24, 2.45) is 0 Å². The molecule has 0 atom stereocenters. The van der Waals surface area contributed by atoms with Gasteiger partial charge in [-0.1, -0.05) is 42.5 Å². The Balaban J connectivity index is 1.74. The number of ketones is 1. The van der Waals surface area contributed by atoms with Crippen molar-refractivity contribution in [3.63, 3.8) is 0 Å². The fourth-order valence-corrected chi connectivity index (χ4v) is 2.86. The molecule has 1 aliphatic carbocycles. The zero-order valence-corrected chi connectivity index (χ0v) is 12.3. The number of ether oxygens (including phenoxy) is 1. The van der Waals surface area contributed by atoms with Gasteiger partial charge in [-0.3, -0.25) is 4.79 Å². The molecule has 0 amide bonds. The molecule has 0 spiro atoms. The van der Waals surface area contributed by atoms with Gasteiger partial charge in [-0.05, 0) is 35.6 Å². The summed E-state index contributed by atoms with van der Waals surface area (Å²) in [6.45, 7) is 0. The minimum absolute atomic E-state index is 0.0114. The molecule has 2 aliphatic rings. The number of aromatic hydroxyl groups is 1. The van der Waals surface area contributed by atoms with Crippen LogP contribution in [0, 0.1) is 0 Å². The largest absolute Gasteiger partial charge is 0.507 e. The molecule has 0 aromatic heterocycles. The molecule has 2 aromatic rings. The predicted octanol–water partition coefficient (Wildman–Crippen LogP) is 4.41. The Kier molecular flexibility index (Phi) is 3.12. The number of hydrogen-bond donors (Lipinski definition) is 1. The van der Waals surface area contributed by atoms with E-state index in [0.717, 1.165) is 23.1 Å². The van der Waals surface area contributed by atoms with Crippen LogP contribution in [0.1, 0.15) is 16.8 Å². The summed E-state index contributed by atoms with van der Waals surface area (Å²) in [5.41, 5.74) is 1.70. The van der Waals surface area contributed by atoms with Gasteiger partial charge < -0.3 is 9.84 Å². The molecule has 0 saturated heterocycles. The number of phenols is 1. The summed E-state index contributed by atoms with van der Waals surface area (Å²) < 4.78 is 5.54. The molecule has 0 unspecified atom stereocenters. The van der Waals surface area contributed by atoms with E-state index >= 15 is 0 Å². The quantitative estimate of drug-likeness (QED) is 0.836. The van der Waals surface area contributed by atoms with E-state index in [4.69, 9.17) is 4.74 Å². The highest BCUT2D eigenvalue weighted by Gasteiger charge is 2.21. The average molecular weight is 302 g/mol. The third-order valence-electron chi connectivity index (χ3n) is 4.09. The Bertz CT molecular complexity index is 943. The average Bonchev–Trinajstić information content (AvgIpc) is 2.61. The first-order valence-corrected chi connectivity index (χ1v) is 7.44. The van der Waals surface area contributed by atoms with Crippen LogP contribution in [0.2, 0.25) is 0 Å². The minimum atomic E-state index is -0.241. The van der Waals surface area contributed by atoms with Gasteiger partial charge in [0.05, 0.1) is 11.1 Å². The number of phenolic OH excluding ortho intramolecular Hbond substituents is 1. The molecule has 0 radical (unpaired) electrons. The normalized spacial score (nSPS) is 16.1. The molecule has 1 N–H and O–H groups in total. The smallest absolute Gasteiger partial charge is 0.199 e. The Hall–Kier alpha value is -3.07. The van der Waals surface area contributed by atoms with E-state index in [2.05, 4.69) is 0 Å². The lowest BCUT2D eigenvalue weighted by atomic mass is 9.95. The van der Waals surface area contributed by atoms with Crippen molar-refractivity contribution in [3.05, 3.63) is 89.4 Å². The fourth-order valence-electron chi connectivity index (χ4n) is 2.86. The first kappa shape index (κ1) is 13.6. The van der Waals surface area contributed by atoms with E-state index < -0.39 is 0 Å². The van der Waals surface area contributed by atoms with Crippen LogP contribution in [-0.4, -0.2) is 10.9 Å². The van der Waals surface area contributed by atoms with E-state index in [1.165, 1.54) is 6.26 Å². The second-order valence-corrected chi connectivity index (χ2v) is 5.54. The van der Waals surface area contributed by atoms with Crippen molar-refractivity contribution in [2.45, 2.75) is 6.42 Å². The van der Waals surface area contributed by atoms with Crippen molar-refractivity contribution in [1.82, 2.24) is 0 Å². The van der Waals surface area contributed by atoms with Gasteiger partial charge in [0.15, 0.2) is 5.78 Å². The highest BCUT2D eigenvalue weighted by Crippen LogP contribution is 2.33. The molecule has 3 heteroatoms. The van der Waals surface area contributed by atoms with Gasteiger partial charge in [-0.25, -0.2) is 0 Å². The summed E-state index contributed by atoms with van der Waals surface area (Å²) in [4.78, 5) is 12.7. The first-order chi connectivity index (χ1) is 11.2. The summed E-state index contributed by atoms with van der Waals surface area (Å²) in [5.74, 6) is 0.540. The van der Waals surface area contributed by atoms with Crippen LogP contribution in [-0.2, 0) is 4.74 Å². The van der Waals surface area contributed by atoms with Crippen LogP contribution < -0.4 is 0 Å². The number of fused-ring (bicyclic) bond motifs is 2. The van der Waals surface area contributed by atoms with E-state index in [1.54, 1.807) is 12.1 Å². The number of rotatable bonds is 2. The van der Waals surface area contributed by atoms with Gasteiger partial charge in [0.2, 0.25) is 0 Å². The van der Waals surface area contributed by atoms with Gasteiger partial charge in [0.1, 0.15) is 17.8 Å². The Morgan fingerprint density at radius 2 is 2.00 bits per heavy atom. The van der Waals surface area contributed by atoms with Crippen LogP contribution in [0.25, 0.3) is 10.8 Å². The molecule has 1 aliphatic heterocycles. The monoisotopic (exact) mass is 302 g/mol. The molecule has 3 nitrogen and oxygen atoms in total. The predicted molar refractivity (Wildman–Crippen MR) is 89.0 cm³/mol. The SMILES string of the molecule is O=C(C1=COC2=CC=CCC2=C1)c1ccc2ccccc2c1O. The van der Waals surface area contributed by atoms with Gasteiger partial charge >= 0.3 is 0 Å². The summed E-state index contributed by atoms with van der Waals surface area (Å²) in [6, 6.07) is 10.9. The first-order valence-electron chi connectivity index (χ1n) is 7.44. The van der Waals surface area contributed by atoms with Gasteiger partial charge in [-0.15, -0.1) is 0 Å². The van der Waals surface area contributed by atoms with E-state index in [0.29, 0.717) is 11.0 Å². The van der Waals surface area contributed by atoms with Crippen LogP contribution >= 0.6 is 0 Å². The fraction of sp³-hybridized carbons (Fsp3) is 0.0500. The summed E-state index contributed by atoms with van der Waals surface area (Å²) in [7, 11) is 0. The van der Waals surface area contributed by atoms with Crippen LogP contribution in [0.4, 0.5) is 0 Å². The molecular weight excluding hydrogens is 288 g/mol. The molecule has 2 aromatic carbocycles. The lowest BCUT2D eigenvalue weighted by Crippen LogP contribution is -2.09. The van der Waals surface area contributed by atoms with E-state index in [1.807, 2.05) is 48.6 Å². The van der Waals surface area contributed by atoms with Gasteiger partial charge in [0.25, 0.3) is 0 Å². The van der Waals surface area contributed by atoms with Crippen molar-refractivity contribution in [2.75, 3.05) is 0 Å². The van der Waals surface area contributed by atoms with Crippen molar-refractivity contribution >= 4 is 16.6 Å². The number of allylic oxidation sites excluding steroid dienone is 6. The molecule has 4 rings (SSSR count). The standard InChI is InChI=1S/C20H14O3/c21-19(15-11-14-6-2-4-8-18(14)23-12-15)17-10-9-13-5-1-3-7-16(13)20(17)22/h1-5,7-12,22H,6H2. The molecule has 0 bridgehead atoms. The van der Waals surface area contributed by atoms with Crippen molar-refractivity contribution < 1.29 is 14.6 Å². The molecule has 0 saturated carbocycles. The third-order valence-corrected chi connectivity index (χ3v) is 4.09. The lowest BCUT2D eigenvalue weighted by Gasteiger charge is -2.18. The zero-order valence-electron chi connectivity index (χ0n) is 12.3. The second-order valence-electron chi connectivity index (χ2n) is 5.54. The molecule has 0 fully saturated rings. The Morgan fingerprint density at radius 1 is 1.13 bits per heavy atom. The van der Waals surface area contributed by atoms with Gasteiger partial charge in [-0.2, -0.15) is 0 Å². The molecule has 112 valence electrons. The number of hydrogen-bond acceptors (Lipinski definition) is 3. The number of benzene rings is 2. The topological polar surface area (TPSA) is 46.5 Å². The number of carbonyl (C=O) groups is 1. The number of Topliss-reactive ketones (excluding diaryl/α,β-unsaturated/α-hetero) is 1. The maximum atomic E-state index is 12.7. The minimum Gasteiger partial charge on any atom is -0.507 e. The van der Waals surface area contributed by atoms with Crippen LogP contribution in [0.3, 0.4) is 0 Å². The van der Waals surface area contributed by atoms with E-state index in [-0.39, 0.29) is 17.1 Å². The van der Waals surface area contributed by atoms with Crippen molar-refractivity contribution in [1.29, 1.82) is 0 Å². The third kappa shape index (κ3) is 2.27. The molecule has 23 heavy (non-hydrogen) atoms. The maximum Gasteiger partial charge on any atom is 0.199 e. The Morgan fingerprint density at radius 3 is 2.91 bits per heavy atom. The Labute approximate surface area is 133 Å². The molecular formula is C20H14O3. The van der Waals surface area contributed by atoms with Crippen LogP contribution in [0.5, 0.6) is 5.75 Å². The van der Waals surface area contributed by atoms with E-state index in [9.17, 15) is 9.90 Å². The second kappa shape index (κ2) is 5.29. The highest BCUT2D eigenvalue weighted by molar-refractivity contribution is 6.14. The maximum absolute atomic E-state index is 12.7. The summed E-state index contributed by atoms with van der Waals surface area (Å²) in [5, 5.41) is 12.0. The number of carbonyl (C=O) groups excluding carboxylic acids is 1. The summed E-state index contributed by atoms with van der Waals surface area (Å²) in [6.07, 6.45) is 9.84. The van der Waals surface area contributed by atoms with Gasteiger partial charge in [0, 0.05) is 5.39 Å². The zero-order chi connectivity index (χ0) is 15.8. The molecule has 1 heterocycles. The summed E-state index contributed by atoms with van der Waals surface area (Å²) >= 11 is 0. The highest BCUT2D eigenvalue weighted by atomic mass is 16.5. The van der Waals surface area contributed by atoms with Crippen LogP contribution in [0.15, 0.2) is 83.9 Å².